The molecule has 0 unspecified atom stereocenters. The van der Waals surface area contributed by atoms with Crippen LogP contribution in [-0.2, 0) is 7.05 Å². The molecule has 0 aliphatic rings. The Balaban J connectivity index is 1.75. The normalized spacial score (nSPS) is 10.9. The minimum Gasteiger partial charge on any atom is -0.305 e. The third-order valence-electron chi connectivity index (χ3n) is 4.11. The first kappa shape index (κ1) is 17.7. The zero-order chi connectivity index (χ0) is 18.0. The molecule has 0 amide bonds. The molecule has 0 N–H and O–H groups in total. The summed E-state index contributed by atoms with van der Waals surface area (Å²) in [5, 5.41) is 9.73. The minimum atomic E-state index is 0.0791. The predicted molar refractivity (Wildman–Crippen MR) is 102 cm³/mol. The van der Waals surface area contributed by atoms with Crippen molar-refractivity contribution in [2.45, 2.75) is 19.0 Å². The standard InChI is InChI=1S/C19H18ClN3OS/c1-12-8-9-14(10-13(12)2)17(24)11-25-19-22-21-18(23(19)3)15-6-4-5-7-16(15)20/h4-10H,11H2,1-3H3. The topological polar surface area (TPSA) is 47.8 Å². The predicted octanol–water partition coefficient (Wildman–Crippen LogP) is 4.73. The number of halogens is 1. The van der Waals surface area contributed by atoms with E-state index in [1.54, 1.807) is 0 Å². The van der Waals surface area contributed by atoms with Gasteiger partial charge in [0.2, 0.25) is 0 Å². The van der Waals surface area contributed by atoms with Crippen LogP contribution >= 0.6 is 23.4 Å². The van der Waals surface area contributed by atoms with Crippen LogP contribution in [0.25, 0.3) is 11.4 Å². The van der Waals surface area contributed by atoms with Gasteiger partial charge < -0.3 is 4.57 Å². The summed E-state index contributed by atoms with van der Waals surface area (Å²) in [5.41, 5.74) is 3.85. The molecule has 0 spiro atoms. The van der Waals surface area contributed by atoms with E-state index in [9.17, 15) is 4.79 Å². The quantitative estimate of drug-likeness (QED) is 0.480. The molecule has 25 heavy (non-hydrogen) atoms. The molecule has 128 valence electrons. The van der Waals surface area contributed by atoms with Crippen molar-refractivity contribution in [3.63, 3.8) is 0 Å². The summed E-state index contributed by atoms with van der Waals surface area (Å²) in [5.74, 6) is 1.08. The first-order valence-corrected chi connectivity index (χ1v) is 9.21. The van der Waals surface area contributed by atoms with E-state index in [0.717, 1.165) is 16.7 Å². The van der Waals surface area contributed by atoms with Gasteiger partial charge in [0, 0.05) is 18.2 Å². The second kappa shape index (κ2) is 7.42. The highest BCUT2D eigenvalue weighted by Gasteiger charge is 2.15. The van der Waals surface area contributed by atoms with Crippen molar-refractivity contribution >= 4 is 29.1 Å². The molecule has 0 fully saturated rings. The molecule has 0 saturated carbocycles. The number of aryl methyl sites for hydroxylation is 2. The highest BCUT2D eigenvalue weighted by atomic mass is 35.5. The minimum absolute atomic E-state index is 0.0791. The monoisotopic (exact) mass is 371 g/mol. The van der Waals surface area contributed by atoms with Crippen LogP contribution in [-0.4, -0.2) is 26.3 Å². The van der Waals surface area contributed by atoms with Gasteiger partial charge in [0.25, 0.3) is 0 Å². The molecule has 0 aliphatic carbocycles. The van der Waals surface area contributed by atoms with Gasteiger partial charge in [-0.2, -0.15) is 0 Å². The molecule has 0 bridgehead atoms. The second-order valence-electron chi connectivity index (χ2n) is 5.86. The summed E-state index contributed by atoms with van der Waals surface area (Å²) in [6, 6.07) is 13.3. The first-order chi connectivity index (χ1) is 12.0. The van der Waals surface area contributed by atoms with Gasteiger partial charge in [-0.15, -0.1) is 10.2 Å². The highest BCUT2D eigenvalue weighted by Crippen LogP contribution is 2.28. The average Bonchev–Trinajstić information content (AvgIpc) is 2.96. The average molecular weight is 372 g/mol. The van der Waals surface area contributed by atoms with E-state index in [4.69, 9.17) is 11.6 Å². The molecule has 2 aromatic carbocycles. The number of carbonyl (C=O) groups is 1. The smallest absolute Gasteiger partial charge is 0.191 e. The lowest BCUT2D eigenvalue weighted by Gasteiger charge is -2.06. The van der Waals surface area contributed by atoms with Crippen LogP contribution in [0.3, 0.4) is 0 Å². The van der Waals surface area contributed by atoms with Crippen LogP contribution in [0, 0.1) is 13.8 Å². The summed E-state index contributed by atoms with van der Waals surface area (Å²) in [6.45, 7) is 4.05. The Bertz CT molecular complexity index is 936. The van der Waals surface area contributed by atoms with Gasteiger partial charge in [-0.25, -0.2) is 0 Å². The maximum Gasteiger partial charge on any atom is 0.191 e. The van der Waals surface area contributed by atoms with E-state index in [1.165, 1.54) is 17.3 Å². The number of aromatic nitrogens is 3. The number of Topliss-reactive ketones (excluding diaryl/α,β-unsaturated/α-hetero) is 1. The maximum absolute atomic E-state index is 12.4. The Morgan fingerprint density at radius 3 is 2.60 bits per heavy atom. The number of thioether (sulfide) groups is 1. The van der Waals surface area contributed by atoms with Gasteiger partial charge in [0.05, 0.1) is 10.8 Å². The summed E-state index contributed by atoms with van der Waals surface area (Å²) in [4.78, 5) is 12.4. The Morgan fingerprint density at radius 2 is 1.88 bits per heavy atom. The van der Waals surface area contributed by atoms with Crippen LogP contribution in [0.4, 0.5) is 0 Å². The van der Waals surface area contributed by atoms with Gasteiger partial charge in [0.15, 0.2) is 16.8 Å². The fraction of sp³-hybridized carbons (Fsp3) is 0.211. The summed E-state index contributed by atoms with van der Waals surface area (Å²) in [7, 11) is 1.88. The summed E-state index contributed by atoms with van der Waals surface area (Å²) < 4.78 is 1.86. The SMILES string of the molecule is Cc1ccc(C(=O)CSc2nnc(-c3ccccc3Cl)n2C)cc1C. The zero-order valence-electron chi connectivity index (χ0n) is 14.3. The maximum atomic E-state index is 12.4. The number of benzene rings is 2. The van der Waals surface area contributed by atoms with Crippen LogP contribution in [0.1, 0.15) is 21.5 Å². The number of nitrogens with zero attached hydrogens (tertiary/aromatic N) is 3. The Hall–Kier alpha value is -2.11. The highest BCUT2D eigenvalue weighted by molar-refractivity contribution is 7.99. The number of hydrogen-bond donors (Lipinski definition) is 0. The molecule has 0 atom stereocenters. The van der Waals surface area contributed by atoms with Crippen LogP contribution in [0.5, 0.6) is 0 Å². The van der Waals surface area contributed by atoms with E-state index >= 15 is 0 Å². The fourth-order valence-electron chi connectivity index (χ4n) is 2.45. The van der Waals surface area contributed by atoms with Gasteiger partial charge in [-0.3, -0.25) is 4.79 Å². The first-order valence-electron chi connectivity index (χ1n) is 7.85. The Labute approximate surface area is 156 Å². The number of carbonyl (C=O) groups excluding carboxylic acids is 1. The van der Waals surface area contributed by atoms with Crippen molar-refractivity contribution in [2.24, 2.45) is 7.05 Å². The van der Waals surface area contributed by atoms with Gasteiger partial charge >= 0.3 is 0 Å². The number of hydrogen-bond acceptors (Lipinski definition) is 4. The fourth-order valence-corrected chi connectivity index (χ4v) is 3.47. The molecule has 3 rings (SSSR count). The lowest BCUT2D eigenvalue weighted by Crippen LogP contribution is -2.04. The number of ketones is 1. The third-order valence-corrected chi connectivity index (χ3v) is 5.46. The van der Waals surface area contributed by atoms with Crippen molar-refractivity contribution in [1.29, 1.82) is 0 Å². The van der Waals surface area contributed by atoms with Crippen LogP contribution in [0.15, 0.2) is 47.6 Å². The molecule has 1 heterocycles. The lowest BCUT2D eigenvalue weighted by atomic mass is 10.0. The molecule has 6 heteroatoms. The van der Waals surface area contributed by atoms with Gasteiger partial charge in [0.1, 0.15) is 0 Å². The van der Waals surface area contributed by atoms with Crippen molar-refractivity contribution in [3.8, 4) is 11.4 Å². The molecule has 1 aromatic heterocycles. The van der Waals surface area contributed by atoms with E-state index in [0.29, 0.717) is 21.8 Å². The summed E-state index contributed by atoms with van der Waals surface area (Å²) in [6.07, 6.45) is 0. The second-order valence-corrected chi connectivity index (χ2v) is 7.21. The van der Waals surface area contributed by atoms with Crippen LogP contribution < -0.4 is 0 Å². The zero-order valence-corrected chi connectivity index (χ0v) is 15.9. The van der Waals surface area contributed by atoms with Crippen molar-refractivity contribution in [2.75, 3.05) is 5.75 Å². The molecule has 0 radical (unpaired) electrons. The van der Waals surface area contributed by atoms with Gasteiger partial charge in [-0.05, 0) is 43.2 Å². The summed E-state index contributed by atoms with van der Waals surface area (Å²) >= 11 is 7.61. The van der Waals surface area contributed by atoms with E-state index in [1.807, 2.05) is 67.9 Å². The molecule has 0 aliphatic heterocycles. The molecule has 3 aromatic rings. The van der Waals surface area contributed by atoms with E-state index < -0.39 is 0 Å². The largest absolute Gasteiger partial charge is 0.305 e. The lowest BCUT2D eigenvalue weighted by molar-refractivity contribution is 0.102. The van der Waals surface area contributed by atoms with E-state index in [-0.39, 0.29) is 5.78 Å². The Kier molecular flexibility index (Phi) is 5.25. The van der Waals surface area contributed by atoms with Crippen molar-refractivity contribution in [3.05, 3.63) is 64.2 Å². The van der Waals surface area contributed by atoms with Crippen LogP contribution in [0.2, 0.25) is 5.02 Å². The van der Waals surface area contributed by atoms with Crippen molar-refractivity contribution < 1.29 is 4.79 Å². The van der Waals surface area contributed by atoms with Crippen molar-refractivity contribution in [1.82, 2.24) is 14.8 Å². The molecular weight excluding hydrogens is 354 g/mol. The Morgan fingerprint density at radius 1 is 1.12 bits per heavy atom. The number of rotatable bonds is 5. The third kappa shape index (κ3) is 3.78. The van der Waals surface area contributed by atoms with Gasteiger partial charge in [-0.1, -0.05) is 47.6 Å². The molecule has 4 nitrogen and oxygen atoms in total. The molecule has 0 saturated heterocycles. The van der Waals surface area contributed by atoms with E-state index in [2.05, 4.69) is 10.2 Å². The molecular formula is C19H18ClN3OS.